The lowest BCUT2D eigenvalue weighted by Crippen LogP contribution is -2.55. The van der Waals surface area contributed by atoms with E-state index in [9.17, 15) is 14.4 Å². The van der Waals surface area contributed by atoms with Gasteiger partial charge >= 0.3 is 0 Å². The zero-order chi connectivity index (χ0) is 20.7. The van der Waals surface area contributed by atoms with E-state index < -0.39 is 6.04 Å². The Kier molecular flexibility index (Phi) is 8.03. The molecular formula is C22H33N3O3. The quantitative estimate of drug-likeness (QED) is 0.755. The van der Waals surface area contributed by atoms with E-state index in [2.05, 4.69) is 10.6 Å². The number of hydrogen-bond acceptors (Lipinski definition) is 3. The van der Waals surface area contributed by atoms with Crippen LogP contribution in [0.25, 0.3) is 0 Å². The number of nitrogens with one attached hydrogen (secondary N) is 2. The second-order valence-corrected chi connectivity index (χ2v) is 7.71. The van der Waals surface area contributed by atoms with Gasteiger partial charge in [-0.1, -0.05) is 31.5 Å². The molecule has 2 rings (SSSR count). The fraction of sp³-hybridized carbons (Fsp3) is 0.591. The van der Waals surface area contributed by atoms with Crippen molar-refractivity contribution in [1.29, 1.82) is 0 Å². The first kappa shape index (κ1) is 21.9. The number of piperidine rings is 1. The minimum atomic E-state index is -0.596. The maximum absolute atomic E-state index is 12.9. The molecule has 1 aliphatic heterocycles. The molecule has 2 atom stereocenters. The standard InChI is InChI=1S/C22H33N3O3/c1-5-16(4)23-22(28)20(17-11-13-25(14-12-17)19(26)6-2)24-21(27)18-9-7-15(3)8-10-18/h7-10,16-17,20H,5-6,11-14H2,1-4H3,(H,23,28)(H,24,27)/t16-,20-/m1/s1. The molecule has 0 unspecified atom stereocenters. The lowest BCUT2D eigenvalue weighted by molar-refractivity contribution is -0.132. The molecule has 0 radical (unpaired) electrons. The average Bonchev–Trinajstić information content (AvgIpc) is 2.71. The van der Waals surface area contributed by atoms with E-state index in [1.54, 1.807) is 12.1 Å². The van der Waals surface area contributed by atoms with E-state index >= 15 is 0 Å². The van der Waals surface area contributed by atoms with Crippen molar-refractivity contribution in [2.45, 2.75) is 65.5 Å². The Morgan fingerprint density at radius 2 is 1.68 bits per heavy atom. The van der Waals surface area contributed by atoms with E-state index in [0.29, 0.717) is 37.9 Å². The summed E-state index contributed by atoms with van der Waals surface area (Å²) in [6.07, 6.45) is 2.73. The van der Waals surface area contributed by atoms with Crippen LogP contribution < -0.4 is 10.6 Å². The summed E-state index contributed by atoms with van der Waals surface area (Å²) in [4.78, 5) is 39.4. The Balaban J connectivity index is 2.11. The second-order valence-electron chi connectivity index (χ2n) is 7.71. The molecule has 0 bridgehead atoms. The number of aryl methyl sites for hydroxylation is 1. The summed E-state index contributed by atoms with van der Waals surface area (Å²) >= 11 is 0. The van der Waals surface area contributed by atoms with E-state index in [4.69, 9.17) is 0 Å². The van der Waals surface area contributed by atoms with Crippen LogP contribution >= 0.6 is 0 Å². The van der Waals surface area contributed by atoms with Crippen molar-refractivity contribution in [1.82, 2.24) is 15.5 Å². The lowest BCUT2D eigenvalue weighted by atomic mass is 9.88. The van der Waals surface area contributed by atoms with Crippen molar-refractivity contribution in [2.24, 2.45) is 5.92 Å². The molecule has 1 aliphatic rings. The smallest absolute Gasteiger partial charge is 0.251 e. The number of amides is 3. The average molecular weight is 388 g/mol. The van der Waals surface area contributed by atoms with E-state index in [-0.39, 0.29) is 29.7 Å². The van der Waals surface area contributed by atoms with Crippen LogP contribution in [0.3, 0.4) is 0 Å². The molecule has 1 saturated heterocycles. The molecule has 154 valence electrons. The van der Waals surface area contributed by atoms with Crippen molar-refractivity contribution in [3.8, 4) is 0 Å². The van der Waals surface area contributed by atoms with Crippen LogP contribution in [0.5, 0.6) is 0 Å². The zero-order valence-electron chi connectivity index (χ0n) is 17.5. The van der Waals surface area contributed by atoms with Crippen LogP contribution in [-0.2, 0) is 9.59 Å². The fourth-order valence-corrected chi connectivity index (χ4v) is 3.47. The van der Waals surface area contributed by atoms with Crippen LogP contribution in [-0.4, -0.2) is 47.8 Å². The highest BCUT2D eigenvalue weighted by molar-refractivity contribution is 5.97. The molecule has 1 heterocycles. The number of likely N-dealkylation sites (tertiary alicyclic amines) is 1. The molecule has 1 fully saturated rings. The van der Waals surface area contributed by atoms with Crippen molar-refractivity contribution in [3.05, 3.63) is 35.4 Å². The summed E-state index contributed by atoms with van der Waals surface area (Å²) in [5, 5.41) is 5.96. The van der Waals surface area contributed by atoms with E-state index in [1.807, 2.05) is 44.7 Å². The molecule has 0 spiro atoms. The van der Waals surface area contributed by atoms with Gasteiger partial charge in [-0.15, -0.1) is 0 Å². The Morgan fingerprint density at radius 3 is 2.21 bits per heavy atom. The molecule has 3 amide bonds. The lowest BCUT2D eigenvalue weighted by Gasteiger charge is -2.36. The Morgan fingerprint density at radius 1 is 1.07 bits per heavy atom. The third-order valence-corrected chi connectivity index (χ3v) is 5.55. The van der Waals surface area contributed by atoms with Gasteiger partial charge < -0.3 is 15.5 Å². The van der Waals surface area contributed by atoms with Gasteiger partial charge in [0.25, 0.3) is 5.91 Å². The largest absolute Gasteiger partial charge is 0.352 e. The predicted octanol–water partition coefficient (Wildman–Crippen LogP) is 2.66. The van der Waals surface area contributed by atoms with Gasteiger partial charge in [0.05, 0.1) is 0 Å². The summed E-state index contributed by atoms with van der Waals surface area (Å²) in [6, 6.07) is 6.78. The summed E-state index contributed by atoms with van der Waals surface area (Å²) in [7, 11) is 0. The first-order valence-electron chi connectivity index (χ1n) is 10.3. The number of carbonyl (C=O) groups is 3. The maximum Gasteiger partial charge on any atom is 0.251 e. The van der Waals surface area contributed by atoms with Gasteiger partial charge in [0.15, 0.2) is 0 Å². The highest BCUT2D eigenvalue weighted by Gasteiger charge is 2.34. The molecule has 6 heteroatoms. The van der Waals surface area contributed by atoms with Crippen molar-refractivity contribution < 1.29 is 14.4 Å². The molecule has 0 saturated carbocycles. The number of benzene rings is 1. The Hall–Kier alpha value is -2.37. The van der Waals surface area contributed by atoms with Gasteiger partial charge in [0.2, 0.25) is 11.8 Å². The topological polar surface area (TPSA) is 78.5 Å². The number of rotatable bonds is 7. The monoisotopic (exact) mass is 387 g/mol. The zero-order valence-corrected chi connectivity index (χ0v) is 17.5. The highest BCUT2D eigenvalue weighted by atomic mass is 16.2. The maximum atomic E-state index is 12.9. The van der Waals surface area contributed by atoms with Crippen LogP contribution in [0.2, 0.25) is 0 Å². The van der Waals surface area contributed by atoms with Gasteiger partial charge in [0, 0.05) is 31.1 Å². The fourth-order valence-electron chi connectivity index (χ4n) is 3.47. The Labute approximate surface area is 168 Å². The van der Waals surface area contributed by atoms with Crippen LogP contribution in [0, 0.1) is 12.8 Å². The van der Waals surface area contributed by atoms with Gasteiger partial charge in [-0.2, -0.15) is 0 Å². The number of carbonyl (C=O) groups excluding carboxylic acids is 3. The molecule has 2 N–H and O–H groups in total. The highest BCUT2D eigenvalue weighted by Crippen LogP contribution is 2.22. The van der Waals surface area contributed by atoms with Crippen LogP contribution in [0.4, 0.5) is 0 Å². The van der Waals surface area contributed by atoms with Gasteiger partial charge in [-0.25, -0.2) is 0 Å². The second kappa shape index (κ2) is 10.2. The first-order valence-corrected chi connectivity index (χ1v) is 10.3. The molecule has 6 nitrogen and oxygen atoms in total. The van der Waals surface area contributed by atoms with Crippen molar-refractivity contribution >= 4 is 17.7 Å². The van der Waals surface area contributed by atoms with Crippen LogP contribution in [0.1, 0.15) is 62.4 Å². The van der Waals surface area contributed by atoms with Crippen molar-refractivity contribution in [2.75, 3.05) is 13.1 Å². The summed E-state index contributed by atoms with van der Waals surface area (Å²) in [6.45, 7) is 9.06. The van der Waals surface area contributed by atoms with Crippen LogP contribution in [0.15, 0.2) is 24.3 Å². The first-order chi connectivity index (χ1) is 13.3. The predicted molar refractivity (Wildman–Crippen MR) is 110 cm³/mol. The summed E-state index contributed by atoms with van der Waals surface area (Å²) < 4.78 is 0. The molecule has 0 aliphatic carbocycles. The van der Waals surface area contributed by atoms with Gasteiger partial charge in [-0.05, 0) is 51.2 Å². The number of hydrogen-bond donors (Lipinski definition) is 2. The summed E-state index contributed by atoms with van der Waals surface area (Å²) in [5.41, 5.74) is 1.63. The normalized spacial score (nSPS) is 16.9. The molecule has 1 aromatic rings. The SMILES string of the molecule is CCC(=O)N1CCC([C@@H](NC(=O)c2ccc(C)cc2)C(=O)N[C@H](C)CC)CC1. The van der Waals surface area contributed by atoms with Crippen molar-refractivity contribution in [3.63, 3.8) is 0 Å². The minimum absolute atomic E-state index is 0.0133. The van der Waals surface area contributed by atoms with E-state index in [1.165, 1.54) is 0 Å². The number of nitrogens with zero attached hydrogens (tertiary/aromatic N) is 1. The molecule has 0 aromatic heterocycles. The van der Waals surface area contributed by atoms with Gasteiger partial charge in [0.1, 0.15) is 6.04 Å². The van der Waals surface area contributed by atoms with E-state index in [0.717, 1.165) is 12.0 Å². The Bertz CT molecular complexity index is 679. The molecule has 1 aromatic carbocycles. The molecular weight excluding hydrogens is 354 g/mol. The van der Waals surface area contributed by atoms with Gasteiger partial charge in [-0.3, -0.25) is 14.4 Å². The molecule has 28 heavy (non-hydrogen) atoms. The minimum Gasteiger partial charge on any atom is -0.352 e. The summed E-state index contributed by atoms with van der Waals surface area (Å²) in [5.74, 6) is -0.228. The third kappa shape index (κ3) is 5.81. The third-order valence-electron chi connectivity index (χ3n) is 5.55.